The second-order valence-corrected chi connectivity index (χ2v) is 5.96. The van der Waals surface area contributed by atoms with Gasteiger partial charge in [0.05, 0.1) is 5.69 Å². The Bertz CT molecular complexity index is 1060. The first-order chi connectivity index (χ1) is 12.7. The van der Waals surface area contributed by atoms with Crippen molar-refractivity contribution in [2.24, 2.45) is 0 Å². The maximum atomic E-state index is 11.2. The molecule has 0 aliphatic heterocycles. The third-order valence-corrected chi connectivity index (χ3v) is 4.12. The highest BCUT2D eigenvalue weighted by Gasteiger charge is 2.10. The Kier molecular flexibility index (Phi) is 4.07. The van der Waals surface area contributed by atoms with Crippen molar-refractivity contribution in [2.75, 3.05) is 5.32 Å². The summed E-state index contributed by atoms with van der Waals surface area (Å²) in [5.41, 5.74) is 2.57. The molecular weight excluding hydrogens is 328 g/mol. The van der Waals surface area contributed by atoms with E-state index in [1.165, 1.54) is 12.4 Å². The van der Waals surface area contributed by atoms with Gasteiger partial charge in [0.1, 0.15) is 5.75 Å². The quantitative estimate of drug-likeness (QED) is 0.438. The van der Waals surface area contributed by atoms with E-state index in [9.17, 15) is 10.3 Å². The molecule has 0 fully saturated rings. The van der Waals surface area contributed by atoms with E-state index in [0.29, 0.717) is 12.2 Å². The number of benzene rings is 2. The summed E-state index contributed by atoms with van der Waals surface area (Å²) in [6.07, 6.45) is 3.53. The minimum Gasteiger partial charge on any atom is -0.619 e. The predicted octanol–water partition coefficient (Wildman–Crippen LogP) is 3.30. The van der Waals surface area contributed by atoms with Crippen LogP contribution in [0.25, 0.3) is 10.8 Å². The number of aromatic hydroxyl groups is 1. The van der Waals surface area contributed by atoms with Crippen LogP contribution in [0, 0.1) is 5.21 Å². The van der Waals surface area contributed by atoms with Crippen LogP contribution in [0.15, 0.2) is 73.1 Å². The van der Waals surface area contributed by atoms with E-state index in [4.69, 9.17) is 0 Å². The fraction of sp³-hybridized carbons (Fsp3) is 0.0500. The molecule has 2 N–H and O–H groups in total. The van der Waals surface area contributed by atoms with E-state index in [1.807, 2.05) is 30.3 Å². The van der Waals surface area contributed by atoms with Crippen molar-refractivity contribution in [3.63, 3.8) is 0 Å². The lowest BCUT2D eigenvalue weighted by molar-refractivity contribution is -0.605. The van der Waals surface area contributed by atoms with Crippen LogP contribution in [0.3, 0.4) is 0 Å². The Morgan fingerprint density at radius 3 is 2.46 bits per heavy atom. The lowest BCUT2D eigenvalue weighted by atomic mass is 10.0. The van der Waals surface area contributed by atoms with Crippen LogP contribution in [0.5, 0.6) is 5.75 Å². The number of hydrogen-bond donors (Lipinski definition) is 2. The molecule has 4 aromatic rings. The Hall–Kier alpha value is -3.67. The molecule has 2 aromatic heterocycles. The fourth-order valence-electron chi connectivity index (χ4n) is 2.86. The topological polar surface area (TPSA) is 85.0 Å². The van der Waals surface area contributed by atoms with Gasteiger partial charge in [-0.05, 0) is 17.7 Å². The molecule has 2 aromatic carbocycles. The number of phenols is 1. The van der Waals surface area contributed by atoms with E-state index in [0.717, 1.165) is 32.4 Å². The van der Waals surface area contributed by atoms with Gasteiger partial charge in [0.25, 0.3) is 0 Å². The summed E-state index contributed by atoms with van der Waals surface area (Å²) in [4.78, 5) is 0. The SMILES string of the molecule is [O-][n+]1ccc(Cc2nnc(Nc3cccc(O)c3)c3ccccc23)cc1. The monoisotopic (exact) mass is 344 g/mol. The molecule has 6 heteroatoms. The molecule has 4 rings (SSSR count). The Morgan fingerprint density at radius 1 is 0.923 bits per heavy atom. The zero-order chi connectivity index (χ0) is 17.9. The van der Waals surface area contributed by atoms with E-state index >= 15 is 0 Å². The van der Waals surface area contributed by atoms with Crippen molar-refractivity contribution in [1.82, 2.24) is 10.2 Å². The number of hydrogen-bond acceptors (Lipinski definition) is 5. The lowest BCUT2D eigenvalue weighted by Gasteiger charge is -2.11. The van der Waals surface area contributed by atoms with Crippen LogP contribution in [0.4, 0.5) is 11.5 Å². The molecule has 0 bridgehead atoms. The lowest BCUT2D eigenvalue weighted by Crippen LogP contribution is -2.23. The standard InChI is InChI=1S/C20H16N4O2/c25-16-5-3-4-15(13-16)21-20-18-7-2-1-6-17(18)19(22-23-20)12-14-8-10-24(26)11-9-14/h1-11,13,25H,12H2,(H,21,23). The van der Waals surface area contributed by atoms with Gasteiger partial charge >= 0.3 is 0 Å². The summed E-state index contributed by atoms with van der Waals surface area (Å²) in [6.45, 7) is 0. The Balaban J connectivity index is 1.72. The van der Waals surface area contributed by atoms with Crippen molar-refractivity contribution in [2.45, 2.75) is 6.42 Å². The molecule has 0 radical (unpaired) electrons. The van der Waals surface area contributed by atoms with Gasteiger partial charge in [-0.25, -0.2) is 0 Å². The van der Waals surface area contributed by atoms with E-state index in [2.05, 4.69) is 15.5 Å². The number of aromatic nitrogens is 3. The van der Waals surface area contributed by atoms with Gasteiger partial charge in [-0.2, -0.15) is 9.83 Å². The molecule has 0 aliphatic carbocycles. The predicted molar refractivity (Wildman–Crippen MR) is 99.1 cm³/mol. The average Bonchev–Trinajstić information content (AvgIpc) is 2.65. The van der Waals surface area contributed by atoms with Gasteiger partial charge in [0, 0.05) is 41.1 Å². The summed E-state index contributed by atoms with van der Waals surface area (Å²) in [5.74, 6) is 0.809. The number of pyridine rings is 1. The molecule has 0 amide bonds. The maximum absolute atomic E-state index is 11.2. The van der Waals surface area contributed by atoms with Crippen LogP contribution in [-0.4, -0.2) is 15.3 Å². The smallest absolute Gasteiger partial charge is 0.180 e. The first-order valence-electron chi connectivity index (χ1n) is 8.17. The molecule has 0 atom stereocenters. The van der Waals surface area contributed by atoms with Gasteiger partial charge in [-0.1, -0.05) is 30.3 Å². The minimum atomic E-state index is 0.184. The van der Waals surface area contributed by atoms with Crippen molar-refractivity contribution in [3.8, 4) is 5.75 Å². The highest BCUT2D eigenvalue weighted by Crippen LogP contribution is 2.27. The fourth-order valence-corrected chi connectivity index (χ4v) is 2.86. The Labute approximate surface area is 150 Å². The van der Waals surface area contributed by atoms with Crippen LogP contribution >= 0.6 is 0 Å². The van der Waals surface area contributed by atoms with Gasteiger partial charge < -0.3 is 15.6 Å². The van der Waals surface area contributed by atoms with Crippen molar-refractivity contribution >= 4 is 22.3 Å². The largest absolute Gasteiger partial charge is 0.619 e. The molecule has 6 nitrogen and oxygen atoms in total. The zero-order valence-electron chi connectivity index (χ0n) is 13.8. The third kappa shape index (κ3) is 3.25. The zero-order valence-corrected chi connectivity index (χ0v) is 13.8. The molecular formula is C20H16N4O2. The number of nitrogens with one attached hydrogen (secondary N) is 1. The van der Waals surface area contributed by atoms with Gasteiger partial charge in [-0.15, -0.1) is 5.10 Å². The van der Waals surface area contributed by atoms with E-state index < -0.39 is 0 Å². The minimum absolute atomic E-state index is 0.184. The first kappa shape index (κ1) is 15.8. The van der Waals surface area contributed by atoms with Gasteiger partial charge in [0.2, 0.25) is 0 Å². The second-order valence-electron chi connectivity index (χ2n) is 5.96. The summed E-state index contributed by atoms with van der Waals surface area (Å²) >= 11 is 0. The molecule has 0 saturated heterocycles. The number of nitrogens with zero attached hydrogens (tertiary/aromatic N) is 3. The molecule has 0 saturated carbocycles. The molecule has 0 spiro atoms. The normalized spacial score (nSPS) is 10.8. The highest BCUT2D eigenvalue weighted by molar-refractivity contribution is 5.94. The van der Waals surface area contributed by atoms with Crippen LogP contribution in [-0.2, 0) is 6.42 Å². The maximum Gasteiger partial charge on any atom is 0.180 e. The summed E-state index contributed by atoms with van der Waals surface area (Å²) in [7, 11) is 0. The van der Waals surface area contributed by atoms with E-state index in [-0.39, 0.29) is 5.75 Å². The number of anilines is 2. The van der Waals surface area contributed by atoms with Gasteiger partial charge in [-0.3, -0.25) is 0 Å². The molecule has 0 aliphatic rings. The molecule has 128 valence electrons. The van der Waals surface area contributed by atoms with Crippen LogP contribution in [0.2, 0.25) is 0 Å². The Morgan fingerprint density at radius 2 is 1.69 bits per heavy atom. The van der Waals surface area contributed by atoms with Crippen molar-refractivity contribution < 1.29 is 9.84 Å². The summed E-state index contributed by atoms with van der Waals surface area (Å²) in [5, 5.41) is 34.7. The van der Waals surface area contributed by atoms with E-state index in [1.54, 1.807) is 30.3 Å². The molecule has 0 unspecified atom stereocenters. The summed E-state index contributed by atoms with van der Waals surface area (Å²) in [6, 6.07) is 18.3. The van der Waals surface area contributed by atoms with Crippen molar-refractivity contribution in [1.29, 1.82) is 0 Å². The van der Waals surface area contributed by atoms with Crippen LogP contribution < -0.4 is 10.0 Å². The number of phenolic OH excluding ortho intramolecular Hbond substituents is 1. The highest BCUT2D eigenvalue weighted by atomic mass is 16.5. The average molecular weight is 344 g/mol. The third-order valence-electron chi connectivity index (χ3n) is 4.12. The summed E-state index contributed by atoms with van der Waals surface area (Å²) < 4.78 is 0.760. The molecule has 26 heavy (non-hydrogen) atoms. The number of fused-ring (bicyclic) bond motifs is 1. The van der Waals surface area contributed by atoms with Crippen LogP contribution in [0.1, 0.15) is 11.3 Å². The second kappa shape index (κ2) is 6.68. The molecule has 2 heterocycles. The van der Waals surface area contributed by atoms with Gasteiger partial charge in [0.15, 0.2) is 18.2 Å². The van der Waals surface area contributed by atoms with Crippen molar-refractivity contribution in [3.05, 3.63) is 89.5 Å². The first-order valence-corrected chi connectivity index (χ1v) is 8.17. The number of rotatable bonds is 4.